The van der Waals surface area contributed by atoms with E-state index in [1.165, 1.54) is 11.1 Å². The molecule has 0 bridgehead atoms. The van der Waals surface area contributed by atoms with Gasteiger partial charge in [-0.3, -0.25) is 9.48 Å². The summed E-state index contributed by atoms with van der Waals surface area (Å²) in [4.78, 5) is 12.9. The highest BCUT2D eigenvalue weighted by molar-refractivity contribution is 5.99. The van der Waals surface area contributed by atoms with Crippen LogP contribution in [0.1, 0.15) is 40.2 Å². The number of methoxy groups -OCH3 is 1. The zero-order valence-corrected chi connectivity index (χ0v) is 16.3. The molecule has 1 aliphatic carbocycles. The van der Waals surface area contributed by atoms with Crippen LogP contribution in [0, 0.1) is 0 Å². The van der Waals surface area contributed by atoms with Gasteiger partial charge in [-0.25, -0.2) is 0 Å². The minimum Gasteiger partial charge on any atom is -0.497 e. The fourth-order valence-corrected chi connectivity index (χ4v) is 4.01. The molecule has 1 aromatic heterocycles. The van der Waals surface area contributed by atoms with Crippen LogP contribution in [0.3, 0.4) is 0 Å². The lowest BCUT2D eigenvalue weighted by Crippen LogP contribution is -2.30. The molecule has 1 amide bonds. The van der Waals surface area contributed by atoms with Crippen molar-refractivity contribution < 1.29 is 9.53 Å². The van der Waals surface area contributed by atoms with Gasteiger partial charge in [-0.1, -0.05) is 36.4 Å². The summed E-state index contributed by atoms with van der Waals surface area (Å²) < 4.78 is 7.04. The standard InChI is InChI=1S/C23H25N3O2/c1-26-15-21(22(25-26)16-7-4-3-5-8-16)23(27)24-14-18-10-6-9-17-13-19(28-2)11-12-20(17)18/h3-5,7-8,11-13,15,18H,6,9-10,14H2,1-2H3,(H,24,27). The zero-order chi connectivity index (χ0) is 19.5. The number of aromatic nitrogens is 2. The Hall–Kier alpha value is -3.08. The molecule has 3 aromatic rings. The van der Waals surface area contributed by atoms with E-state index in [0.717, 1.165) is 36.3 Å². The van der Waals surface area contributed by atoms with Crippen molar-refractivity contribution in [3.8, 4) is 17.0 Å². The van der Waals surface area contributed by atoms with Crippen LogP contribution in [-0.4, -0.2) is 29.3 Å². The maximum atomic E-state index is 12.9. The van der Waals surface area contributed by atoms with Crippen LogP contribution in [0.15, 0.2) is 54.7 Å². The smallest absolute Gasteiger partial charge is 0.255 e. The summed E-state index contributed by atoms with van der Waals surface area (Å²) in [5, 5.41) is 7.63. The molecule has 5 nitrogen and oxygen atoms in total. The van der Waals surface area contributed by atoms with Crippen molar-refractivity contribution in [2.24, 2.45) is 7.05 Å². The summed E-state index contributed by atoms with van der Waals surface area (Å²) in [5.74, 6) is 1.15. The number of hydrogen-bond acceptors (Lipinski definition) is 3. The second kappa shape index (κ2) is 7.89. The van der Waals surface area contributed by atoms with E-state index >= 15 is 0 Å². The average Bonchev–Trinajstić information content (AvgIpc) is 3.14. The molecular weight excluding hydrogens is 350 g/mol. The van der Waals surface area contributed by atoms with Crippen molar-refractivity contribution in [3.63, 3.8) is 0 Å². The van der Waals surface area contributed by atoms with Gasteiger partial charge in [0.25, 0.3) is 5.91 Å². The summed E-state index contributed by atoms with van der Waals surface area (Å²) in [6, 6.07) is 16.1. The normalized spacial score (nSPS) is 15.7. The average molecular weight is 375 g/mol. The molecular formula is C23H25N3O2. The Kier molecular flexibility index (Phi) is 5.15. The van der Waals surface area contributed by atoms with E-state index in [-0.39, 0.29) is 5.91 Å². The van der Waals surface area contributed by atoms with Crippen molar-refractivity contribution >= 4 is 5.91 Å². The summed E-state index contributed by atoms with van der Waals surface area (Å²) in [7, 11) is 3.54. The Morgan fingerprint density at radius 2 is 2.07 bits per heavy atom. The summed E-state index contributed by atoms with van der Waals surface area (Å²) in [5.41, 5.74) is 4.93. The number of hydrogen-bond donors (Lipinski definition) is 1. The van der Waals surface area contributed by atoms with Crippen LogP contribution >= 0.6 is 0 Å². The number of carbonyl (C=O) groups is 1. The molecule has 0 aliphatic heterocycles. The molecule has 0 saturated heterocycles. The van der Waals surface area contributed by atoms with E-state index in [0.29, 0.717) is 18.0 Å². The number of aryl methyl sites for hydroxylation is 2. The molecule has 1 heterocycles. The fourth-order valence-electron chi connectivity index (χ4n) is 4.01. The number of ether oxygens (including phenoxy) is 1. The van der Waals surface area contributed by atoms with Crippen LogP contribution < -0.4 is 10.1 Å². The number of rotatable bonds is 5. The van der Waals surface area contributed by atoms with Crippen LogP contribution in [0.4, 0.5) is 0 Å². The van der Waals surface area contributed by atoms with E-state index in [1.54, 1.807) is 18.0 Å². The second-order valence-electron chi connectivity index (χ2n) is 7.29. The van der Waals surface area contributed by atoms with Gasteiger partial charge in [-0.15, -0.1) is 0 Å². The molecule has 2 aromatic carbocycles. The second-order valence-corrected chi connectivity index (χ2v) is 7.29. The Bertz CT molecular complexity index is 979. The Morgan fingerprint density at radius 3 is 2.86 bits per heavy atom. The quantitative estimate of drug-likeness (QED) is 0.735. The largest absolute Gasteiger partial charge is 0.497 e. The third-order valence-electron chi connectivity index (χ3n) is 5.42. The lowest BCUT2D eigenvalue weighted by Gasteiger charge is -2.26. The van der Waals surface area contributed by atoms with E-state index in [9.17, 15) is 4.79 Å². The predicted octanol–water partition coefficient (Wildman–Crippen LogP) is 3.95. The number of nitrogens with one attached hydrogen (secondary N) is 1. The van der Waals surface area contributed by atoms with Crippen LogP contribution in [0.2, 0.25) is 0 Å². The van der Waals surface area contributed by atoms with Gasteiger partial charge in [0.2, 0.25) is 0 Å². The van der Waals surface area contributed by atoms with Crippen molar-refractivity contribution in [1.82, 2.24) is 15.1 Å². The molecule has 144 valence electrons. The highest BCUT2D eigenvalue weighted by Gasteiger charge is 2.23. The lowest BCUT2D eigenvalue weighted by molar-refractivity contribution is 0.0951. The van der Waals surface area contributed by atoms with Gasteiger partial charge in [0.1, 0.15) is 11.4 Å². The van der Waals surface area contributed by atoms with Crippen LogP contribution in [0.25, 0.3) is 11.3 Å². The molecule has 1 unspecified atom stereocenters. The molecule has 0 radical (unpaired) electrons. The number of nitrogens with zero attached hydrogens (tertiary/aromatic N) is 2. The van der Waals surface area contributed by atoms with Gasteiger partial charge >= 0.3 is 0 Å². The van der Waals surface area contributed by atoms with Crippen molar-refractivity contribution in [2.75, 3.05) is 13.7 Å². The maximum Gasteiger partial charge on any atom is 0.255 e. The van der Waals surface area contributed by atoms with Crippen molar-refractivity contribution in [1.29, 1.82) is 0 Å². The number of carbonyl (C=O) groups excluding carboxylic acids is 1. The molecule has 1 aliphatic rings. The first-order valence-electron chi connectivity index (χ1n) is 9.70. The molecule has 0 spiro atoms. The van der Waals surface area contributed by atoms with Crippen molar-refractivity contribution in [2.45, 2.75) is 25.2 Å². The highest BCUT2D eigenvalue weighted by atomic mass is 16.5. The van der Waals surface area contributed by atoms with Crippen LogP contribution in [0.5, 0.6) is 5.75 Å². The van der Waals surface area contributed by atoms with Gasteiger partial charge in [0.05, 0.1) is 12.7 Å². The monoisotopic (exact) mass is 375 g/mol. The molecule has 28 heavy (non-hydrogen) atoms. The topological polar surface area (TPSA) is 56.1 Å². The van der Waals surface area contributed by atoms with Gasteiger partial charge in [-0.2, -0.15) is 5.10 Å². The predicted molar refractivity (Wildman–Crippen MR) is 110 cm³/mol. The fraction of sp³-hybridized carbons (Fsp3) is 0.304. The van der Waals surface area contributed by atoms with E-state index in [2.05, 4.69) is 22.5 Å². The zero-order valence-electron chi connectivity index (χ0n) is 16.3. The summed E-state index contributed by atoms with van der Waals surface area (Å²) in [6.07, 6.45) is 5.07. The molecule has 1 N–H and O–H groups in total. The van der Waals surface area contributed by atoms with E-state index < -0.39 is 0 Å². The Labute approximate surface area is 165 Å². The molecule has 4 rings (SSSR count). The minimum absolute atomic E-state index is 0.0763. The van der Waals surface area contributed by atoms with Crippen LogP contribution in [-0.2, 0) is 13.5 Å². The first kappa shape index (κ1) is 18.3. The Morgan fingerprint density at radius 1 is 1.25 bits per heavy atom. The van der Waals surface area contributed by atoms with Gasteiger partial charge in [0, 0.05) is 31.3 Å². The molecule has 0 saturated carbocycles. The third kappa shape index (κ3) is 3.65. The summed E-state index contributed by atoms with van der Waals surface area (Å²) >= 11 is 0. The number of amides is 1. The highest BCUT2D eigenvalue weighted by Crippen LogP contribution is 2.33. The van der Waals surface area contributed by atoms with Gasteiger partial charge in [0.15, 0.2) is 0 Å². The summed E-state index contributed by atoms with van der Waals surface area (Å²) in [6.45, 7) is 0.626. The number of benzene rings is 2. The van der Waals surface area contributed by atoms with Gasteiger partial charge in [-0.05, 0) is 42.5 Å². The van der Waals surface area contributed by atoms with E-state index in [1.807, 2.05) is 43.4 Å². The van der Waals surface area contributed by atoms with Gasteiger partial charge < -0.3 is 10.1 Å². The first-order valence-corrected chi connectivity index (χ1v) is 9.70. The molecule has 1 atom stereocenters. The molecule has 0 fully saturated rings. The van der Waals surface area contributed by atoms with Crippen molar-refractivity contribution in [3.05, 3.63) is 71.4 Å². The third-order valence-corrected chi connectivity index (χ3v) is 5.42. The first-order chi connectivity index (χ1) is 13.7. The minimum atomic E-state index is -0.0763. The van der Waals surface area contributed by atoms with E-state index in [4.69, 9.17) is 4.74 Å². The number of fused-ring (bicyclic) bond motifs is 1. The SMILES string of the molecule is COc1ccc2c(c1)CCCC2CNC(=O)c1cn(C)nc1-c1ccccc1. The molecule has 5 heteroatoms. The lowest BCUT2D eigenvalue weighted by atomic mass is 9.82. The Balaban J connectivity index is 1.51. The maximum absolute atomic E-state index is 12.9.